The van der Waals surface area contributed by atoms with Crippen molar-refractivity contribution in [3.63, 3.8) is 0 Å². The van der Waals surface area contributed by atoms with Gasteiger partial charge in [0.05, 0.1) is 23.5 Å². The first-order valence-electron chi connectivity index (χ1n) is 8.83. The molecule has 0 spiro atoms. The van der Waals surface area contributed by atoms with Gasteiger partial charge >= 0.3 is 5.97 Å². The van der Waals surface area contributed by atoms with Crippen molar-refractivity contribution in [2.75, 3.05) is 0 Å². The first-order chi connectivity index (χ1) is 13.3. The van der Waals surface area contributed by atoms with E-state index in [1.54, 1.807) is 6.92 Å². The summed E-state index contributed by atoms with van der Waals surface area (Å²) in [5.41, 5.74) is 12.1. The molecule has 1 heterocycles. The fraction of sp³-hybridized carbons (Fsp3) is 0.182. The number of hydrogen-bond donors (Lipinski definition) is 2. The van der Waals surface area contributed by atoms with Crippen molar-refractivity contribution in [3.8, 4) is 22.4 Å². The first-order valence-corrected chi connectivity index (χ1v) is 8.83. The second-order valence-corrected chi connectivity index (χ2v) is 6.75. The maximum absolute atomic E-state index is 11.6. The Morgan fingerprint density at radius 3 is 2.14 bits per heavy atom. The van der Waals surface area contributed by atoms with Crippen molar-refractivity contribution >= 4 is 11.9 Å². The number of nitrogens with two attached hydrogens (primary N) is 1. The zero-order chi connectivity index (χ0) is 20.4. The predicted molar refractivity (Wildman–Crippen MR) is 107 cm³/mol. The smallest absolute Gasteiger partial charge is 0.307 e. The Labute approximate surface area is 163 Å². The lowest BCUT2D eigenvalue weighted by Gasteiger charge is -2.11. The molecule has 0 aliphatic rings. The van der Waals surface area contributed by atoms with E-state index in [0.29, 0.717) is 11.4 Å². The zero-order valence-corrected chi connectivity index (χ0v) is 16.0. The lowest BCUT2D eigenvalue weighted by molar-refractivity contribution is -0.136. The van der Waals surface area contributed by atoms with Gasteiger partial charge in [0.1, 0.15) is 5.69 Å². The molecule has 0 unspecified atom stereocenters. The summed E-state index contributed by atoms with van der Waals surface area (Å²) in [6, 6.07) is 13.5. The Hall–Kier alpha value is -3.54. The number of carbonyl (C=O) groups is 2. The summed E-state index contributed by atoms with van der Waals surface area (Å²) in [5, 5.41) is 8.94. The Kier molecular flexibility index (Phi) is 5.22. The number of carboxylic acid groups (broad SMARTS) is 1. The number of carboxylic acids is 1. The van der Waals surface area contributed by atoms with Crippen LogP contribution in [0.3, 0.4) is 0 Å². The summed E-state index contributed by atoms with van der Waals surface area (Å²) in [6.07, 6.45) is 0.00756. The van der Waals surface area contributed by atoms with Gasteiger partial charge in [-0.25, -0.2) is 4.98 Å². The quantitative estimate of drug-likeness (QED) is 0.710. The molecule has 0 saturated heterocycles. The van der Waals surface area contributed by atoms with Gasteiger partial charge in [-0.05, 0) is 43.0 Å². The van der Waals surface area contributed by atoms with Crippen molar-refractivity contribution in [1.29, 1.82) is 0 Å². The molecule has 0 aliphatic carbocycles. The minimum atomic E-state index is -0.846. The highest BCUT2D eigenvalue weighted by molar-refractivity contribution is 5.92. The summed E-state index contributed by atoms with van der Waals surface area (Å²) in [7, 11) is 0. The first kappa shape index (κ1) is 19.2. The second-order valence-electron chi connectivity index (χ2n) is 6.75. The third-order valence-electron chi connectivity index (χ3n) is 4.59. The number of carbonyl (C=O) groups excluding carboxylic acids is 1. The molecule has 0 fully saturated rings. The standard InChI is InChI=1S/C22H21N3O3/c1-12-10-15(11-19(26)27)4-9-18(12)16-5-7-17(8-6-16)20-13(2)24-14(3)21(25-20)22(23)28/h4-10H,11H2,1-3H3,(H2,23,28)(H,26,27). The topological polar surface area (TPSA) is 106 Å². The molecular weight excluding hydrogens is 354 g/mol. The molecule has 3 aromatic rings. The highest BCUT2D eigenvalue weighted by Crippen LogP contribution is 2.28. The van der Waals surface area contributed by atoms with Crippen LogP contribution in [-0.4, -0.2) is 27.0 Å². The number of aliphatic carboxylic acids is 1. The fourth-order valence-electron chi connectivity index (χ4n) is 3.28. The average molecular weight is 375 g/mol. The number of aromatic nitrogens is 2. The molecule has 142 valence electrons. The molecule has 0 aliphatic heterocycles. The normalized spacial score (nSPS) is 10.7. The van der Waals surface area contributed by atoms with Crippen molar-refractivity contribution in [2.45, 2.75) is 27.2 Å². The number of nitrogens with zero attached hydrogens (tertiary/aromatic N) is 2. The summed E-state index contributed by atoms with van der Waals surface area (Å²) in [5.74, 6) is -1.44. The molecule has 0 bridgehead atoms. The molecule has 0 atom stereocenters. The largest absolute Gasteiger partial charge is 0.481 e. The summed E-state index contributed by atoms with van der Waals surface area (Å²) in [6.45, 7) is 5.52. The van der Waals surface area contributed by atoms with Crippen LogP contribution in [0.5, 0.6) is 0 Å². The molecule has 6 nitrogen and oxygen atoms in total. The molecule has 0 saturated carbocycles. The number of benzene rings is 2. The number of rotatable bonds is 5. The molecule has 2 aromatic carbocycles. The molecule has 6 heteroatoms. The van der Waals surface area contributed by atoms with E-state index in [0.717, 1.165) is 33.5 Å². The average Bonchev–Trinajstić information content (AvgIpc) is 2.61. The van der Waals surface area contributed by atoms with Crippen molar-refractivity contribution in [1.82, 2.24) is 9.97 Å². The molecule has 28 heavy (non-hydrogen) atoms. The van der Waals surface area contributed by atoms with E-state index in [2.05, 4.69) is 9.97 Å². The van der Waals surface area contributed by atoms with Gasteiger partial charge in [-0.3, -0.25) is 14.6 Å². The lowest BCUT2D eigenvalue weighted by atomic mass is 9.96. The molecule has 1 amide bonds. The minimum absolute atomic E-state index is 0.00756. The third-order valence-corrected chi connectivity index (χ3v) is 4.59. The van der Waals surface area contributed by atoms with Gasteiger partial charge in [0.15, 0.2) is 0 Å². The van der Waals surface area contributed by atoms with Crippen molar-refractivity contribution in [2.24, 2.45) is 5.73 Å². The van der Waals surface area contributed by atoms with Crippen LogP contribution in [0.15, 0.2) is 42.5 Å². The molecule has 0 radical (unpaired) electrons. The van der Waals surface area contributed by atoms with Crippen molar-refractivity contribution < 1.29 is 14.7 Å². The monoisotopic (exact) mass is 375 g/mol. The van der Waals surface area contributed by atoms with Gasteiger partial charge in [0.2, 0.25) is 0 Å². The van der Waals surface area contributed by atoms with E-state index < -0.39 is 11.9 Å². The van der Waals surface area contributed by atoms with Crippen LogP contribution in [0.2, 0.25) is 0 Å². The zero-order valence-electron chi connectivity index (χ0n) is 16.0. The van der Waals surface area contributed by atoms with E-state index >= 15 is 0 Å². The van der Waals surface area contributed by atoms with Crippen LogP contribution < -0.4 is 5.73 Å². The van der Waals surface area contributed by atoms with Crippen LogP contribution in [0.1, 0.15) is 33.0 Å². The van der Waals surface area contributed by atoms with Gasteiger partial charge in [-0.1, -0.05) is 42.5 Å². The third kappa shape index (κ3) is 3.91. The predicted octanol–water partition coefficient (Wildman–Crippen LogP) is 3.46. The maximum Gasteiger partial charge on any atom is 0.307 e. The summed E-state index contributed by atoms with van der Waals surface area (Å²) in [4.78, 5) is 31.2. The van der Waals surface area contributed by atoms with Crippen LogP contribution in [0.4, 0.5) is 0 Å². The number of amides is 1. The van der Waals surface area contributed by atoms with Gasteiger partial charge < -0.3 is 10.8 Å². The minimum Gasteiger partial charge on any atom is -0.481 e. The lowest BCUT2D eigenvalue weighted by Crippen LogP contribution is -2.17. The molecule has 3 N–H and O–H groups in total. The summed E-state index contributed by atoms with van der Waals surface area (Å²) < 4.78 is 0. The number of primary amides is 1. The summed E-state index contributed by atoms with van der Waals surface area (Å²) >= 11 is 0. The Balaban J connectivity index is 1.96. The van der Waals surface area contributed by atoms with Crippen LogP contribution in [0.25, 0.3) is 22.4 Å². The van der Waals surface area contributed by atoms with Crippen LogP contribution in [-0.2, 0) is 11.2 Å². The van der Waals surface area contributed by atoms with Gasteiger partial charge in [0.25, 0.3) is 5.91 Å². The van der Waals surface area contributed by atoms with Crippen LogP contribution >= 0.6 is 0 Å². The Bertz CT molecular complexity index is 1070. The SMILES string of the molecule is Cc1cc(CC(=O)O)ccc1-c1ccc(-c2nc(C(N)=O)c(C)nc2C)cc1. The second kappa shape index (κ2) is 7.60. The van der Waals surface area contributed by atoms with E-state index in [1.165, 1.54) is 0 Å². The van der Waals surface area contributed by atoms with Gasteiger partial charge in [0, 0.05) is 5.56 Å². The highest BCUT2D eigenvalue weighted by Gasteiger charge is 2.14. The molecular formula is C22H21N3O3. The number of hydrogen-bond acceptors (Lipinski definition) is 4. The van der Waals surface area contributed by atoms with E-state index in [9.17, 15) is 9.59 Å². The van der Waals surface area contributed by atoms with Crippen LogP contribution in [0, 0.1) is 20.8 Å². The van der Waals surface area contributed by atoms with Crippen molar-refractivity contribution in [3.05, 3.63) is 70.7 Å². The van der Waals surface area contributed by atoms with Gasteiger partial charge in [-0.2, -0.15) is 0 Å². The number of aryl methyl sites for hydroxylation is 3. The maximum atomic E-state index is 11.6. The van der Waals surface area contributed by atoms with E-state index in [4.69, 9.17) is 10.8 Å². The molecule has 1 aromatic heterocycles. The Morgan fingerprint density at radius 1 is 0.929 bits per heavy atom. The van der Waals surface area contributed by atoms with E-state index in [-0.39, 0.29) is 12.1 Å². The molecule has 3 rings (SSSR count). The fourth-order valence-corrected chi connectivity index (χ4v) is 3.28. The highest BCUT2D eigenvalue weighted by atomic mass is 16.4. The van der Waals surface area contributed by atoms with Gasteiger partial charge in [-0.15, -0.1) is 0 Å². The Morgan fingerprint density at radius 2 is 1.57 bits per heavy atom. The van der Waals surface area contributed by atoms with E-state index in [1.807, 2.05) is 56.3 Å².